The first-order chi connectivity index (χ1) is 10.1. The predicted molar refractivity (Wildman–Crippen MR) is 82.1 cm³/mol. The number of nitro benzene ring substituents is 1. The average Bonchev–Trinajstić information content (AvgIpc) is 2.47. The molecule has 7 heteroatoms. The smallest absolute Gasteiger partial charge is 0.277 e. The molecule has 2 rings (SSSR count). The van der Waals surface area contributed by atoms with Gasteiger partial charge in [0.2, 0.25) is 0 Å². The van der Waals surface area contributed by atoms with Crippen molar-refractivity contribution in [2.75, 3.05) is 7.05 Å². The van der Waals surface area contributed by atoms with E-state index >= 15 is 0 Å². The maximum absolute atomic E-state index is 11.0. The van der Waals surface area contributed by atoms with E-state index in [1.807, 2.05) is 13.1 Å². The van der Waals surface area contributed by atoms with Crippen LogP contribution in [0.5, 0.6) is 5.75 Å². The van der Waals surface area contributed by atoms with E-state index in [4.69, 9.17) is 4.74 Å². The Balaban J connectivity index is 2.07. The summed E-state index contributed by atoms with van der Waals surface area (Å²) >= 11 is 3.22. The van der Waals surface area contributed by atoms with E-state index in [9.17, 15) is 10.1 Å². The number of nitrogens with one attached hydrogen (secondary N) is 1. The van der Waals surface area contributed by atoms with E-state index in [-0.39, 0.29) is 12.3 Å². The SMILES string of the molecule is CNCc1ccc(OCc2ccc(Br)cc2[N+](=O)[O-])cn1. The van der Waals surface area contributed by atoms with Crippen molar-refractivity contribution in [1.82, 2.24) is 10.3 Å². The van der Waals surface area contributed by atoms with Crippen LogP contribution in [0.4, 0.5) is 5.69 Å². The minimum absolute atomic E-state index is 0.0316. The van der Waals surface area contributed by atoms with Crippen molar-refractivity contribution in [2.45, 2.75) is 13.2 Å². The van der Waals surface area contributed by atoms with Crippen LogP contribution in [0.15, 0.2) is 41.0 Å². The second-order valence-corrected chi connectivity index (χ2v) is 5.25. The molecular formula is C14H14BrN3O3. The molecule has 1 heterocycles. The van der Waals surface area contributed by atoms with Crippen LogP contribution in [0.3, 0.4) is 0 Å². The molecule has 0 fully saturated rings. The first-order valence-corrected chi connectivity index (χ1v) is 7.04. The lowest BCUT2D eigenvalue weighted by Gasteiger charge is -2.07. The number of benzene rings is 1. The molecule has 0 amide bonds. The lowest BCUT2D eigenvalue weighted by Crippen LogP contribution is -2.06. The molecule has 0 aliphatic heterocycles. The van der Waals surface area contributed by atoms with E-state index in [0.717, 1.165) is 5.69 Å². The van der Waals surface area contributed by atoms with E-state index in [2.05, 4.69) is 26.2 Å². The molecule has 1 aromatic carbocycles. The molecule has 0 radical (unpaired) electrons. The number of hydrogen-bond donors (Lipinski definition) is 1. The van der Waals surface area contributed by atoms with E-state index in [1.165, 1.54) is 6.07 Å². The lowest BCUT2D eigenvalue weighted by atomic mass is 10.2. The Kier molecular flexibility index (Phi) is 5.24. The minimum Gasteiger partial charge on any atom is -0.487 e. The van der Waals surface area contributed by atoms with Gasteiger partial charge in [0.05, 0.1) is 22.4 Å². The molecule has 1 N–H and O–H groups in total. The zero-order valence-electron chi connectivity index (χ0n) is 11.4. The second-order valence-electron chi connectivity index (χ2n) is 4.33. The van der Waals surface area contributed by atoms with Gasteiger partial charge in [-0.25, -0.2) is 0 Å². The van der Waals surface area contributed by atoms with Gasteiger partial charge in [-0.05, 0) is 31.3 Å². The van der Waals surface area contributed by atoms with Gasteiger partial charge in [-0.2, -0.15) is 0 Å². The molecule has 0 spiro atoms. The molecule has 0 bridgehead atoms. The number of hydrogen-bond acceptors (Lipinski definition) is 5. The Labute approximate surface area is 130 Å². The summed E-state index contributed by atoms with van der Waals surface area (Å²) < 4.78 is 6.22. The fraction of sp³-hybridized carbons (Fsp3) is 0.214. The van der Waals surface area contributed by atoms with Crippen LogP contribution in [-0.2, 0) is 13.2 Å². The Morgan fingerprint density at radius 3 is 2.81 bits per heavy atom. The average molecular weight is 352 g/mol. The largest absolute Gasteiger partial charge is 0.487 e. The number of ether oxygens (including phenoxy) is 1. The number of pyridine rings is 1. The van der Waals surface area contributed by atoms with Crippen molar-refractivity contribution in [3.05, 3.63) is 62.4 Å². The molecule has 2 aromatic rings. The molecule has 21 heavy (non-hydrogen) atoms. The maximum atomic E-state index is 11.0. The van der Waals surface area contributed by atoms with Crippen LogP contribution < -0.4 is 10.1 Å². The van der Waals surface area contributed by atoms with Crippen LogP contribution in [0.2, 0.25) is 0 Å². The first kappa shape index (κ1) is 15.4. The van der Waals surface area contributed by atoms with Crippen molar-refractivity contribution in [3.8, 4) is 5.75 Å². The summed E-state index contributed by atoms with van der Waals surface area (Å²) in [6.07, 6.45) is 1.61. The van der Waals surface area contributed by atoms with Crippen LogP contribution in [0.25, 0.3) is 0 Å². The molecular weight excluding hydrogens is 338 g/mol. The summed E-state index contributed by atoms with van der Waals surface area (Å²) in [5.74, 6) is 0.576. The van der Waals surface area contributed by atoms with Crippen LogP contribution in [-0.4, -0.2) is 17.0 Å². The highest BCUT2D eigenvalue weighted by atomic mass is 79.9. The third-order valence-corrected chi connectivity index (χ3v) is 3.29. The summed E-state index contributed by atoms with van der Waals surface area (Å²) in [6.45, 7) is 0.801. The third kappa shape index (κ3) is 4.24. The monoisotopic (exact) mass is 351 g/mol. The van der Waals surface area contributed by atoms with Gasteiger partial charge in [-0.1, -0.05) is 15.9 Å². The lowest BCUT2D eigenvalue weighted by molar-refractivity contribution is -0.385. The van der Waals surface area contributed by atoms with Crippen molar-refractivity contribution in [2.24, 2.45) is 0 Å². The van der Waals surface area contributed by atoms with Gasteiger partial charge in [0.25, 0.3) is 5.69 Å². The van der Waals surface area contributed by atoms with Gasteiger partial charge in [0, 0.05) is 17.1 Å². The molecule has 0 saturated carbocycles. The van der Waals surface area contributed by atoms with E-state index < -0.39 is 4.92 Å². The van der Waals surface area contributed by atoms with Crippen LogP contribution in [0.1, 0.15) is 11.3 Å². The fourth-order valence-corrected chi connectivity index (χ4v) is 2.12. The number of rotatable bonds is 6. The topological polar surface area (TPSA) is 77.3 Å². The normalized spacial score (nSPS) is 10.4. The first-order valence-electron chi connectivity index (χ1n) is 6.25. The molecule has 6 nitrogen and oxygen atoms in total. The van der Waals surface area contributed by atoms with Gasteiger partial charge >= 0.3 is 0 Å². The standard InChI is InChI=1S/C14H14BrN3O3/c1-16-7-12-4-5-13(8-17-12)21-9-10-2-3-11(15)6-14(10)18(19)20/h2-6,8,16H,7,9H2,1H3. The van der Waals surface area contributed by atoms with Gasteiger partial charge in [0.15, 0.2) is 0 Å². The molecule has 0 unspecified atom stereocenters. The number of halogens is 1. The molecule has 0 atom stereocenters. The highest BCUT2D eigenvalue weighted by molar-refractivity contribution is 9.10. The summed E-state index contributed by atoms with van der Waals surface area (Å²) in [4.78, 5) is 14.8. The zero-order chi connectivity index (χ0) is 15.2. The predicted octanol–water partition coefficient (Wildman–Crippen LogP) is 3.05. The summed E-state index contributed by atoms with van der Waals surface area (Å²) in [6, 6.07) is 8.53. The molecule has 0 aliphatic carbocycles. The molecule has 0 aliphatic rings. The Hall–Kier alpha value is -1.99. The van der Waals surface area contributed by atoms with Crippen molar-refractivity contribution >= 4 is 21.6 Å². The summed E-state index contributed by atoms with van der Waals surface area (Å²) in [7, 11) is 1.85. The maximum Gasteiger partial charge on any atom is 0.277 e. The number of nitro groups is 1. The highest BCUT2D eigenvalue weighted by Gasteiger charge is 2.14. The van der Waals surface area contributed by atoms with Crippen molar-refractivity contribution in [1.29, 1.82) is 0 Å². The van der Waals surface area contributed by atoms with Crippen molar-refractivity contribution < 1.29 is 9.66 Å². The Morgan fingerprint density at radius 1 is 1.38 bits per heavy atom. The molecule has 110 valence electrons. The quantitative estimate of drug-likeness (QED) is 0.639. The second kappa shape index (κ2) is 7.14. The van der Waals surface area contributed by atoms with Crippen LogP contribution >= 0.6 is 15.9 Å². The van der Waals surface area contributed by atoms with Gasteiger partial charge in [0.1, 0.15) is 12.4 Å². The van der Waals surface area contributed by atoms with E-state index in [0.29, 0.717) is 22.3 Å². The molecule has 0 saturated heterocycles. The van der Waals surface area contributed by atoms with Crippen molar-refractivity contribution in [3.63, 3.8) is 0 Å². The Morgan fingerprint density at radius 2 is 2.19 bits per heavy atom. The van der Waals surface area contributed by atoms with Gasteiger partial charge < -0.3 is 10.1 Å². The van der Waals surface area contributed by atoms with Gasteiger partial charge in [-0.15, -0.1) is 0 Å². The highest BCUT2D eigenvalue weighted by Crippen LogP contribution is 2.24. The van der Waals surface area contributed by atoms with Gasteiger partial charge in [-0.3, -0.25) is 15.1 Å². The zero-order valence-corrected chi connectivity index (χ0v) is 13.0. The fourth-order valence-electron chi connectivity index (χ4n) is 1.77. The summed E-state index contributed by atoms with van der Waals surface area (Å²) in [5.41, 5.74) is 1.45. The third-order valence-electron chi connectivity index (χ3n) is 2.79. The Bertz CT molecular complexity index is 632. The van der Waals surface area contributed by atoms with Crippen LogP contribution in [0, 0.1) is 10.1 Å². The number of aromatic nitrogens is 1. The van der Waals surface area contributed by atoms with E-state index in [1.54, 1.807) is 24.4 Å². The number of nitrogens with zero attached hydrogens (tertiary/aromatic N) is 2. The minimum atomic E-state index is -0.419. The molecule has 1 aromatic heterocycles. The summed E-state index contributed by atoms with van der Waals surface area (Å²) in [5, 5.41) is 14.0.